The van der Waals surface area contributed by atoms with Crippen molar-refractivity contribution >= 4 is 17.7 Å². The van der Waals surface area contributed by atoms with Gasteiger partial charge in [-0.2, -0.15) is 0 Å². The van der Waals surface area contributed by atoms with Crippen molar-refractivity contribution in [1.29, 1.82) is 0 Å². The Morgan fingerprint density at radius 2 is 1.83 bits per heavy atom. The molecule has 0 aromatic heterocycles. The number of anilines is 1. The highest BCUT2D eigenvalue weighted by atomic mass is 16.5. The third-order valence-corrected chi connectivity index (χ3v) is 4.41. The van der Waals surface area contributed by atoms with Gasteiger partial charge < -0.3 is 20.5 Å². The number of urea groups is 1. The maximum Gasteiger partial charge on any atom is 0.319 e. The maximum atomic E-state index is 12.0. The number of nitrogens with one attached hydrogen (secondary N) is 2. The Morgan fingerprint density at radius 3 is 2.39 bits per heavy atom. The summed E-state index contributed by atoms with van der Waals surface area (Å²) in [6.45, 7) is 0.390. The third-order valence-electron chi connectivity index (χ3n) is 4.41. The SMILES string of the molecule is COc1ccc(NC(=O)NCC2(CC(=O)O)CCCCC2)cc1. The van der Waals surface area contributed by atoms with Crippen molar-refractivity contribution in [3.05, 3.63) is 24.3 Å². The van der Waals surface area contributed by atoms with E-state index in [0.29, 0.717) is 12.2 Å². The molecular weight excluding hydrogens is 296 g/mol. The molecule has 2 rings (SSSR count). The first kappa shape index (κ1) is 17.1. The van der Waals surface area contributed by atoms with E-state index in [-0.39, 0.29) is 17.9 Å². The summed E-state index contributed by atoms with van der Waals surface area (Å²) in [5, 5.41) is 14.7. The van der Waals surface area contributed by atoms with Crippen LogP contribution in [0.5, 0.6) is 5.75 Å². The van der Waals surface area contributed by atoms with Crippen LogP contribution in [0.25, 0.3) is 0 Å². The molecule has 1 aliphatic rings. The minimum absolute atomic E-state index is 0.107. The number of ether oxygens (including phenoxy) is 1. The molecule has 0 heterocycles. The van der Waals surface area contributed by atoms with Gasteiger partial charge in [-0.1, -0.05) is 19.3 Å². The number of hydrogen-bond acceptors (Lipinski definition) is 3. The Bertz CT molecular complexity index is 536. The third kappa shape index (κ3) is 5.16. The van der Waals surface area contributed by atoms with E-state index >= 15 is 0 Å². The van der Waals surface area contributed by atoms with Crippen molar-refractivity contribution in [3.63, 3.8) is 0 Å². The molecule has 3 N–H and O–H groups in total. The Kier molecular flexibility index (Phi) is 5.84. The second-order valence-electron chi connectivity index (χ2n) is 6.17. The van der Waals surface area contributed by atoms with E-state index in [1.165, 1.54) is 0 Å². The lowest BCUT2D eigenvalue weighted by atomic mass is 9.72. The van der Waals surface area contributed by atoms with Gasteiger partial charge in [-0.05, 0) is 42.5 Å². The van der Waals surface area contributed by atoms with Crippen LogP contribution in [0.15, 0.2) is 24.3 Å². The first-order chi connectivity index (χ1) is 11.0. The van der Waals surface area contributed by atoms with E-state index in [9.17, 15) is 9.59 Å². The van der Waals surface area contributed by atoms with Gasteiger partial charge in [0, 0.05) is 12.2 Å². The number of carboxylic acid groups (broad SMARTS) is 1. The molecule has 0 saturated heterocycles. The number of carbonyl (C=O) groups is 2. The van der Waals surface area contributed by atoms with Gasteiger partial charge in [-0.3, -0.25) is 4.79 Å². The predicted octanol–water partition coefficient (Wildman–Crippen LogP) is 3.24. The number of methoxy groups -OCH3 is 1. The predicted molar refractivity (Wildman–Crippen MR) is 87.8 cm³/mol. The van der Waals surface area contributed by atoms with E-state index in [4.69, 9.17) is 9.84 Å². The number of carbonyl (C=O) groups excluding carboxylic acids is 1. The first-order valence-corrected chi connectivity index (χ1v) is 7.94. The minimum Gasteiger partial charge on any atom is -0.497 e. The molecule has 126 valence electrons. The van der Waals surface area contributed by atoms with E-state index in [2.05, 4.69) is 10.6 Å². The fourth-order valence-corrected chi connectivity index (χ4v) is 3.16. The Labute approximate surface area is 136 Å². The van der Waals surface area contributed by atoms with E-state index in [0.717, 1.165) is 37.9 Å². The zero-order valence-electron chi connectivity index (χ0n) is 13.4. The van der Waals surface area contributed by atoms with Gasteiger partial charge in [-0.25, -0.2) is 4.79 Å². The number of benzene rings is 1. The lowest BCUT2D eigenvalue weighted by molar-refractivity contribution is -0.140. The van der Waals surface area contributed by atoms with Gasteiger partial charge in [0.1, 0.15) is 5.75 Å². The Hall–Kier alpha value is -2.24. The minimum atomic E-state index is -0.802. The van der Waals surface area contributed by atoms with Crippen LogP contribution in [0.1, 0.15) is 38.5 Å². The molecular formula is C17H24N2O4. The lowest BCUT2D eigenvalue weighted by Gasteiger charge is -2.36. The fraction of sp³-hybridized carbons (Fsp3) is 0.529. The molecule has 1 aliphatic carbocycles. The first-order valence-electron chi connectivity index (χ1n) is 7.94. The summed E-state index contributed by atoms with van der Waals surface area (Å²) < 4.78 is 5.07. The molecule has 23 heavy (non-hydrogen) atoms. The van der Waals surface area contributed by atoms with E-state index < -0.39 is 5.97 Å². The number of aliphatic carboxylic acids is 1. The molecule has 0 radical (unpaired) electrons. The summed E-state index contributed by atoms with van der Waals surface area (Å²) in [5.41, 5.74) is 0.348. The number of hydrogen-bond donors (Lipinski definition) is 3. The molecule has 2 amide bonds. The van der Waals surface area contributed by atoms with Crippen LogP contribution in [-0.4, -0.2) is 30.8 Å². The molecule has 0 spiro atoms. The average molecular weight is 320 g/mol. The molecule has 1 saturated carbocycles. The van der Waals surface area contributed by atoms with Crippen LogP contribution < -0.4 is 15.4 Å². The highest BCUT2D eigenvalue weighted by Crippen LogP contribution is 2.38. The molecule has 0 bridgehead atoms. The molecule has 6 heteroatoms. The standard InChI is InChI=1S/C17H24N2O4/c1-23-14-7-5-13(6-8-14)19-16(22)18-12-17(11-15(20)21)9-3-2-4-10-17/h5-8H,2-4,9-12H2,1H3,(H,20,21)(H2,18,19,22). The van der Waals surface area contributed by atoms with Crippen LogP contribution >= 0.6 is 0 Å². The topological polar surface area (TPSA) is 87.7 Å². The van der Waals surface area contributed by atoms with Crippen molar-refractivity contribution < 1.29 is 19.4 Å². The second-order valence-corrected chi connectivity index (χ2v) is 6.17. The highest BCUT2D eigenvalue weighted by Gasteiger charge is 2.34. The van der Waals surface area contributed by atoms with Crippen molar-refractivity contribution in [2.24, 2.45) is 5.41 Å². The maximum absolute atomic E-state index is 12.0. The van der Waals surface area contributed by atoms with Gasteiger partial charge in [0.2, 0.25) is 0 Å². The van der Waals surface area contributed by atoms with E-state index in [1.54, 1.807) is 31.4 Å². The average Bonchev–Trinajstić information content (AvgIpc) is 2.54. The summed E-state index contributed by atoms with van der Waals surface area (Å²) in [6.07, 6.45) is 4.99. The van der Waals surface area contributed by atoms with Crippen molar-refractivity contribution in [2.45, 2.75) is 38.5 Å². The Morgan fingerprint density at radius 1 is 1.17 bits per heavy atom. The summed E-state index contributed by atoms with van der Waals surface area (Å²) >= 11 is 0. The summed E-state index contributed by atoms with van der Waals surface area (Å²) in [5.74, 6) is -0.0807. The highest BCUT2D eigenvalue weighted by molar-refractivity contribution is 5.89. The summed E-state index contributed by atoms with van der Waals surface area (Å²) in [7, 11) is 1.58. The fourth-order valence-electron chi connectivity index (χ4n) is 3.16. The molecule has 0 unspecified atom stereocenters. The largest absolute Gasteiger partial charge is 0.497 e. The number of carboxylic acids is 1. The molecule has 1 aromatic carbocycles. The van der Waals surface area contributed by atoms with Crippen LogP contribution in [0, 0.1) is 5.41 Å². The van der Waals surface area contributed by atoms with Gasteiger partial charge >= 0.3 is 12.0 Å². The molecule has 1 aromatic rings. The van der Waals surface area contributed by atoms with Crippen LogP contribution in [0.4, 0.5) is 10.5 Å². The van der Waals surface area contributed by atoms with Crippen LogP contribution in [-0.2, 0) is 4.79 Å². The van der Waals surface area contributed by atoms with Crippen molar-refractivity contribution in [3.8, 4) is 5.75 Å². The smallest absolute Gasteiger partial charge is 0.319 e. The Balaban J connectivity index is 1.88. The van der Waals surface area contributed by atoms with Gasteiger partial charge in [0.05, 0.1) is 13.5 Å². The van der Waals surface area contributed by atoms with Crippen molar-refractivity contribution in [2.75, 3.05) is 19.0 Å². The van der Waals surface area contributed by atoms with Gasteiger partial charge in [0.25, 0.3) is 0 Å². The zero-order chi connectivity index (χ0) is 16.7. The van der Waals surface area contributed by atoms with Gasteiger partial charge in [0.15, 0.2) is 0 Å². The normalized spacial score (nSPS) is 16.4. The zero-order valence-corrected chi connectivity index (χ0v) is 13.4. The molecule has 6 nitrogen and oxygen atoms in total. The number of amides is 2. The summed E-state index contributed by atoms with van der Waals surface area (Å²) in [6, 6.07) is 6.73. The molecule has 0 aliphatic heterocycles. The molecule has 0 atom stereocenters. The van der Waals surface area contributed by atoms with Crippen LogP contribution in [0.2, 0.25) is 0 Å². The lowest BCUT2D eigenvalue weighted by Crippen LogP contribution is -2.42. The molecule has 1 fully saturated rings. The van der Waals surface area contributed by atoms with E-state index in [1.807, 2.05) is 0 Å². The number of rotatable bonds is 6. The monoisotopic (exact) mass is 320 g/mol. The van der Waals surface area contributed by atoms with Crippen molar-refractivity contribution in [1.82, 2.24) is 5.32 Å². The van der Waals surface area contributed by atoms with Crippen LogP contribution in [0.3, 0.4) is 0 Å². The van der Waals surface area contributed by atoms with Gasteiger partial charge in [-0.15, -0.1) is 0 Å². The quantitative estimate of drug-likeness (QED) is 0.751. The second kappa shape index (κ2) is 7.85. The summed E-state index contributed by atoms with van der Waals surface area (Å²) in [4.78, 5) is 23.2.